The van der Waals surface area contributed by atoms with Gasteiger partial charge in [0.2, 0.25) is 5.91 Å². The zero-order valence-electron chi connectivity index (χ0n) is 16.6. The first kappa shape index (κ1) is 20.2. The smallest absolute Gasteiger partial charge is 0.335 e. The number of nitrogens with one attached hydrogen (secondary N) is 1. The van der Waals surface area contributed by atoms with Crippen molar-refractivity contribution >= 4 is 29.2 Å². The maximum atomic E-state index is 13.1. The first-order valence-electron chi connectivity index (χ1n) is 9.77. The summed E-state index contributed by atoms with van der Waals surface area (Å²) < 4.78 is 11.0. The molecule has 0 aliphatic carbocycles. The molecule has 4 rings (SSSR count). The SMILES string of the molecule is O=C(CC1C(=O)Oc2ccccc2N1C(=O)COc1ccccc1)Nc1ccccc1. The Labute approximate surface area is 179 Å². The maximum Gasteiger partial charge on any atom is 0.335 e. The van der Waals surface area contributed by atoms with Crippen molar-refractivity contribution in [2.24, 2.45) is 0 Å². The zero-order chi connectivity index (χ0) is 21.6. The van der Waals surface area contributed by atoms with Crippen LogP contribution in [0.3, 0.4) is 0 Å². The Kier molecular flexibility index (Phi) is 5.93. The lowest BCUT2D eigenvalue weighted by Crippen LogP contribution is -2.52. The molecule has 0 bridgehead atoms. The second-order valence-electron chi connectivity index (χ2n) is 6.89. The van der Waals surface area contributed by atoms with Crippen LogP contribution in [0.2, 0.25) is 0 Å². The van der Waals surface area contributed by atoms with Crippen LogP contribution in [0.5, 0.6) is 11.5 Å². The van der Waals surface area contributed by atoms with Crippen LogP contribution >= 0.6 is 0 Å². The van der Waals surface area contributed by atoms with Crippen LogP contribution < -0.4 is 19.7 Å². The summed E-state index contributed by atoms with van der Waals surface area (Å²) in [5, 5.41) is 2.74. The van der Waals surface area contributed by atoms with E-state index in [1.54, 1.807) is 72.8 Å². The van der Waals surface area contributed by atoms with Gasteiger partial charge in [0.05, 0.1) is 12.1 Å². The van der Waals surface area contributed by atoms with Crippen LogP contribution in [-0.4, -0.2) is 30.4 Å². The number of nitrogens with zero attached hydrogens (tertiary/aromatic N) is 1. The van der Waals surface area contributed by atoms with E-state index in [1.165, 1.54) is 4.90 Å². The molecule has 7 heteroatoms. The Morgan fingerprint density at radius 2 is 1.55 bits per heavy atom. The average molecular weight is 416 g/mol. The second-order valence-corrected chi connectivity index (χ2v) is 6.89. The Morgan fingerprint density at radius 3 is 2.29 bits per heavy atom. The fourth-order valence-electron chi connectivity index (χ4n) is 3.32. The summed E-state index contributed by atoms with van der Waals surface area (Å²) in [4.78, 5) is 39.7. The largest absolute Gasteiger partial charge is 0.484 e. The predicted octanol–water partition coefficient (Wildman–Crippen LogP) is 3.42. The van der Waals surface area contributed by atoms with E-state index in [4.69, 9.17) is 9.47 Å². The first-order chi connectivity index (χ1) is 15.1. The van der Waals surface area contributed by atoms with Gasteiger partial charge in [-0.15, -0.1) is 0 Å². The predicted molar refractivity (Wildman–Crippen MR) is 115 cm³/mol. The third-order valence-corrected chi connectivity index (χ3v) is 4.73. The number of hydrogen-bond donors (Lipinski definition) is 1. The maximum absolute atomic E-state index is 13.1. The highest BCUT2D eigenvalue weighted by molar-refractivity contribution is 6.06. The zero-order valence-corrected chi connectivity index (χ0v) is 16.6. The minimum atomic E-state index is -1.11. The molecule has 3 aromatic rings. The summed E-state index contributed by atoms with van der Waals surface area (Å²) >= 11 is 0. The molecule has 0 aromatic heterocycles. The lowest BCUT2D eigenvalue weighted by Gasteiger charge is -2.34. The fourth-order valence-corrected chi connectivity index (χ4v) is 3.32. The molecule has 1 N–H and O–H groups in total. The molecule has 7 nitrogen and oxygen atoms in total. The molecule has 0 saturated heterocycles. The van der Waals surface area contributed by atoms with Crippen LogP contribution in [-0.2, 0) is 14.4 Å². The van der Waals surface area contributed by atoms with E-state index in [-0.39, 0.29) is 18.8 Å². The van der Waals surface area contributed by atoms with E-state index in [0.29, 0.717) is 17.1 Å². The van der Waals surface area contributed by atoms with Gasteiger partial charge in [0.25, 0.3) is 5.91 Å². The molecule has 1 heterocycles. The highest BCUT2D eigenvalue weighted by atomic mass is 16.5. The summed E-state index contributed by atoms with van der Waals surface area (Å²) in [6, 6.07) is 23.4. The van der Waals surface area contributed by atoms with Crippen molar-refractivity contribution in [3.05, 3.63) is 84.9 Å². The molecule has 2 amide bonds. The Balaban J connectivity index is 1.55. The standard InChI is InChI=1S/C24H20N2O5/c27-22(25-17-9-3-1-4-10-17)15-20-24(29)31-21-14-8-7-13-19(21)26(20)23(28)16-30-18-11-5-2-6-12-18/h1-14,20H,15-16H2,(H,25,27). The van der Waals surface area contributed by atoms with E-state index in [1.807, 2.05) is 12.1 Å². The van der Waals surface area contributed by atoms with Gasteiger partial charge >= 0.3 is 5.97 Å². The molecule has 1 unspecified atom stereocenters. The van der Waals surface area contributed by atoms with Crippen LogP contribution in [0, 0.1) is 0 Å². The highest BCUT2D eigenvalue weighted by Gasteiger charge is 2.40. The molecule has 1 aliphatic heterocycles. The number of amides is 2. The van der Waals surface area contributed by atoms with Crippen molar-refractivity contribution in [2.75, 3.05) is 16.8 Å². The number of fused-ring (bicyclic) bond motifs is 1. The highest BCUT2D eigenvalue weighted by Crippen LogP contribution is 2.35. The van der Waals surface area contributed by atoms with Crippen LogP contribution in [0.4, 0.5) is 11.4 Å². The van der Waals surface area contributed by atoms with Gasteiger partial charge in [0.15, 0.2) is 12.4 Å². The molecular formula is C24H20N2O5. The quantitative estimate of drug-likeness (QED) is 0.492. The van der Waals surface area contributed by atoms with Gasteiger partial charge in [-0.1, -0.05) is 48.5 Å². The van der Waals surface area contributed by atoms with E-state index in [2.05, 4.69) is 5.32 Å². The topological polar surface area (TPSA) is 84.9 Å². The van der Waals surface area contributed by atoms with Gasteiger partial charge in [-0.2, -0.15) is 0 Å². The number of carbonyl (C=O) groups is 3. The molecule has 0 radical (unpaired) electrons. The van der Waals surface area contributed by atoms with Crippen LogP contribution in [0.25, 0.3) is 0 Å². The van der Waals surface area contributed by atoms with Gasteiger partial charge in [-0.25, -0.2) is 4.79 Å². The number of ether oxygens (including phenoxy) is 2. The van der Waals surface area contributed by atoms with Crippen LogP contribution in [0.15, 0.2) is 84.9 Å². The van der Waals surface area contributed by atoms with Gasteiger partial charge in [-0.05, 0) is 36.4 Å². The van der Waals surface area contributed by atoms with Crippen molar-refractivity contribution in [2.45, 2.75) is 12.5 Å². The first-order valence-corrected chi connectivity index (χ1v) is 9.77. The van der Waals surface area contributed by atoms with Crippen molar-refractivity contribution < 1.29 is 23.9 Å². The van der Waals surface area contributed by atoms with E-state index in [9.17, 15) is 14.4 Å². The van der Waals surface area contributed by atoms with Gasteiger partial charge < -0.3 is 14.8 Å². The van der Waals surface area contributed by atoms with Crippen LogP contribution in [0.1, 0.15) is 6.42 Å². The molecule has 0 fully saturated rings. The number of esters is 1. The molecule has 1 aliphatic rings. The molecule has 156 valence electrons. The number of benzene rings is 3. The average Bonchev–Trinajstić information content (AvgIpc) is 2.79. The molecule has 0 spiro atoms. The summed E-state index contributed by atoms with van der Waals surface area (Å²) in [5.74, 6) is -0.739. The second kappa shape index (κ2) is 9.13. The molecule has 1 atom stereocenters. The number of hydrogen-bond acceptors (Lipinski definition) is 5. The van der Waals surface area contributed by atoms with Gasteiger partial charge in [0, 0.05) is 5.69 Å². The third kappa shape index (κ3) is 4.72. The lowest BCUT2D eigenvalue weighted by molar-refractivity contribution is -0.140. The van der Waals surface area contributed by atoms with Gasteiger partial charge in [-0.3, -0.25) is 14.5 Å². The Morgan fingerprint density at radius 1 is 0.903 bits per heavy atom. The molecule has 31 heavy (non-hydrogen) atoms. The monoisotopic (exact) mass is 416 g/mol. The molecule has 3 aromatic carbocycles. The number of anilines is 2. The lowest BCUT2D eigenvalue weighted by atomic mass is 10.1. The Bertz CT molecular complexity index is 1090. The van der Waals surface area contributed by atoms with Crippen molar-refractivity contribution in [3.8, 4) is 11.5 Å². The van der Waals surface area contributed by atoms with E-state index >= 15 is 0 Å². The minimum absolute atomic E-state index is 0.251. The normalized spacial score (nSPS) is 14.9. The third-order valence-electron chi connectivity index (χ3n) is 4.73. The minimum Gasteiger partial charge on any atom is -0.484 e. The molecule has 0 saturated carbocycles. The summed E-state index contributed by atoms with van der Waals surface area (Å²) in [5.41, 5.74) is 1.02. The van der Waals surface area contributed by atoms with Crippen molar-refractivity contribution in [1.82, 2.24) is 0 Å². The van der Waals surface area contributed by atoms with E-state index < -0.39 is 23.8 Å². The summed E-state index contributed by atoms with van der Waals surface area (Å²) in [6.07, 6.45) is -0.251. The van der Waals surface area contributed by atoms with Crippen molar-refractivity contribution in [1.29, 1.82) is 0 Å². The molecular weight excluding hydrogens is 396 g/mol. The number of para-hydroxylation sites is 4. The summed E-state index contributed by atoms with van der Waals surface area (Å²) in [7, 11) is 0. The summed E-state index contributed by atoms with van der Waals surface area (Å²) in [6.45, 7) is -0.289. The fraction of sp³-hybridized carbons (Fsp3) is 0.125. The van der Waals surface area contributed by atoms with Crippen molar-refractivity contribution in [3.63, 3.8) is 0 Å². The van der Waals surface area contributed by atoms with Gasteiger partial charge in [0.1, 0.15) is 11.8 Å². The number of rotatable bonds is 6. The number of carbonyl (C=O) groups excluding carboxylic acids is 3. The van der Waals surface area contributed by atoms with E-state index in [0.717, 1.165) is 0 Å². The Hall–Kier alpha value is -4.13.